The van der Waals surface area contributed by atoms with Gasteiger partial charge in [-0.15, -0.1) is 0 Å². The van der Waals surface area contributed by atoms with E-state index in [-0.39, 0.29) is 37.4 Å². The molecule has 0 spiro atoms. The van der Waals surface area contributed by atoms with Crippen molar-refractivity contribution in [3.8, 4) is 0 Å². The first-order chi connectivity index (χ1) is 13.9. The van der Waals surface area contributed by atoms with Crippen molar-refractivity contribution < 1.29 is 28.4 Å². The number of rotatable bonds is 5. The average Bonchev–Trinajstić information content (AvgIpc) is 2.74. The van der Waals surface area contributed by atoms with Crippen LogP contribution >= 0.6 is 0 Å². The Balaban J connectivity index is 1.56. The fourth-order valence-electron chi connectivity index (χ4n) is 2.90. The topological polar surface area (TPSA) is 99.0 Å². The number of hydrogen-bond acceptors (Lipinski definition) is 6. The Bertz CT molecular complexity index is 874. The number of nitro benzene ring substituents is 1. The first kappa shape index (κ1) is 20.2. The number of likely N-dealkylation sites (tertiary alicyclic amines) is 1. The molecule has 2 aromatic carbocycles. The zero-order valence-electron chi connectivity index (χ0n) is 15.4. The molecule has 1 amide bonds. The normalized spacial score (nSPS) is 18.7. The summed E-state index contributed by atoms with van der Waals surface area (Å²) >= 11 is 0. The van der Waals surface area contributed by atoms with Gasteiger partial charge in [0, 0.05) is 25.1 Å². The quantitative estimate of drug-likeness (QED) is 0.431. The molecule has 1 fully saturated rings. The maximum atomic E-state index is 14.2. The number of hydrogen-bond donors (Lipinski definition) is 0. The molecule has 0 aromatic heterocycles. The van der Waals surface area contributed by atoms with Crippen molar-refractivity contribution in [3.63, 3.8) is 0 Å². The molecule has 0 N–H and O–H groups in total. The van der Waals surface area contributed by atoms with Crippen molar-refractivity contribution in [2.75, 3.05) is 13.1 Å². The van der Waals surface area contributed by atoms with Crippen LogP contribution in [-0.4, -0.2) is 47.3 Å². The molecule has 8 nitrogen and oxygen atoms in total. The molecule has 152 valence electrons. The molecule has 0 unspecified atom stereocenters. The minimum Gasteiger partial charge on any atom is -0.454 e. The summed E-state index contributed by atoms with van der Waals surface area (Å²) in [4.78, 5) is 35.9. The SMILES string of the molecule is O=C(O[C@H]1CN(C(=O)OCc2ccccc2)CC[C@H]1F)c1ccc([N+](=O)[O-])cc1. The van der Waals surface area contributed by atoms with E-state index in [9.17, 15) is 24.1 Å². The van der Waals surface area contributed by atoms with E-state index < -0.39 is 29.3 Å². The number of carbonyl (C=O) groups excluding carboxylic acids is 2. The highest BCUT2D eigenvalue weighted by atomic mass is 19.1. The van der Waals surface area contributed by atoms with Crippen molar-refractivity contribution in [2.24, 2.45) is 0 Å². The zero-order chi connectivity index (χ0) is 20.8. The lowest BCUT2D eigenvalue weighted by Gasteiger charge is -2.33. The molecule has 2 aromatic rings. The maximum absolute atomic E-state index is 14.2. The van der Waals surface area contributed by atoms with Crippen molar-refractivity contribution >= 4 is 17.7 Å². The van der Waals surface area contributed by atoms with Gasteiger partial charge >= 0.3 is 12.1 Å². The summed E-state index contributed by atoms with van der Waals surface area (Å²) in [5.74, 6) is -0.813. The summed E-state index contributed by atoms with van der Waals surface area (Å²) in [6.07, 6.45) is -3.17. The standard InChI is InChI=1S/C20H19FN2O6/c21-17-10-11-22(20(25)28-13-14-4-2-1-3-5-14)12-18(17)29-19(24)15-6-8-16(9-7-15)23(26)27/h1-9,17-18H,10-13H2/t17-,18+/m1/s1. The van der Waals surface area contributed by atoms with Gasteiger partial charge in [0.2, 0.25) is 0 Å². The molecule has 9 heteroatoms. The van der Waals surface area contributed by atoms with Gasteiger partial charge < -0.3 is 14.4 Å². The number of alkyl halides is 1. The van der Waals surface area contributed by atoms with Crippen LogP contribution < -0.4 is 0 Å². The molecule has 1 aliphatic heterocycles. The van der Waals surface area contributed by atoms with E-state index >= 15 is 0 Å². The lowest BCUT2D eigenvalue weighted by Crippen LogP contribution is -2.49. The van der Waals surface area contributed by atoms with Crippen LogP contribution in [-0.2, 0) is 16.1 Å². The smallest absolute Gasteiger partial charge is 0.410 e. The Hall–Kier alpha value is -3.49. The van der Waals surface area contributed by atoms with Crippen molar-refractivity contribution in [1.82, 2.24) is 4.90 Å². The minimum atomic E-state index is -1.42. The van der Waals surface area contributed by atoms with Gasteiger partial charge in [0.1, 0.15) is 12.8 Å². The number of nitrogens with zero attached hydrogens (tertiary/aromatic N) is 2. The molecule has 0 bridgehead atoms. The number of esters is 1. The Morgan fingerprint density at radius 2 is 1.83 bits per heavy atom. The Morgan fingerprint density at radius 1 is 1.14 bits per heavy atom. The Labute approximate surface area is 166 Å². The summed E-state index contributed by atoms with van der Waals surface area (Å²) in [6, 6.07) is 13.9. The molecule has 2 atom stereocenters. The van der Waals surface area contributed by atoms with E-state index in [4.69, 9.17) is 9.47 Å². The Morgan fingerprint density at radius 3 is 2.48 bits per heavy atom. The number of amides is 1. The predicted octanol–water partition coefficient (Wildman–Crippen LogP) is 3.50. The molecular weight excluding hydrogens is 383 g/mol. The highest BCUT2D eigenvalue weighted by molar-refractivity contribution is 5.89. The Kier molecular flexibility index (Phi) is 6.38. The van der Waals surface area contributed by atoms with Gasteiger partial charge in [-0.25, -0.2) is 14.0 Å². The van der Waals surface area contributed by atoms with Crippen molar-refractivity contribution in [1.29, 1.82) is 0 Å². The summed E-state index contributed by atoms with van der Waals surface area (Å²) in [5, 5.41) is 10.7. The van der Waals surface area contributed by atoms with E-state index in [1.54, 1.807) is 0 Å². The lowest BCUT2D eigenvalue weighted by atomic mass is 10.1. The van der Waals surface area contributed by atoms with Crippen LogP contribution in [0.15, 0.2) is 54.6 Å². The third-order valence-electron chi connectivity index (χ3n) is 4.51. The van der Waals surface area contributed by atoms with Crippen molar-refractivity contribution in [3.05, 3.63) is 75.8 Å². The van der Waals surface area contributed by atoms with Crippen LogP contribution in [0.3, 0.4) is 0 Å². The second-order valence-corrected chi connectivity index (χ2v) is 6.54. The molecule has 3 rings (SSSR count). The zero-order valence-corrected chi connectivity index (χ0v) is 15.4. The minimum absolute atomic E-state index is 0.0125. The first-order valence-corrected chi connectivity index (χ1v) is 8.99. The van der Waals surface area contributed by atoms with Crippen molar-refractivity contribution in [2.45, 2.75) is 25.3 Å². The first-order valence-electron chi connectivity index (χ1n) is 8.99. The molecule has 1 saturated heterocycles. The fourth-order valence-corrected chi connectivity index (χ4v) is 2.90. The van der Waals surface area contributed by atoms with Crippen LogP contribution in [0, 0.1) is 10.1 Å². The number of nitro groups is 1. The molecule has 0 saturated carbocycles. The fraction of sp³-hybridized carbons (Fsp3) is 0.300. The number of carbonyl (C=O) groups is 2. The van der Waals surface area contributed by atoms with Gasteiger partial charge in [-0.3, -0.25) is 10.1 Å². The number of ether oxygens (including phenoxy) is 2. The third-order valence-corrected chi connectivity index (χ3v) is 4.51. The molecule has 0 radical (unpaired) electrons. The molecule has 1 heterocycles. The largest absolute Gasteiger partial charge is 0.454 e. The van der Waals surface area contributed by atoms with Gasteiger partial charge in [-0.1, -0.05) is 30.3 Å². The second-order valence-electron chi connectivity index (χ2n) is 6.54. The number of piperidine rings is 1. The van der Waals surface area contributed by atoms with Gasteiger partial charge in [0.25, 0.3) is 5.69 Å². The van der Waals surface area contributed by atoms with Gasteiger partial charge in [-0.05, 0) is 17.7 Å². The van der Waals surface area contributed by atoms with Gasteiger partial charge in [-0.2, -0.15) is 0 Å². The van der Waals surface area contributed by atoms with Crippen LogP contribution in [0.2, 0.25) is 0 Å². The average molecular weight is 402 g/mol. The third kappa shape index (κ3) is 5.28. The number of benzene rings is 2. The molecule has 1 aliphatic rings. The number of non-ortho nitro benzene ring substituents is 1. The highest BCUT2D eigenvalue weighted by Crippen LogP contribution is 2.21. The van der Waals surface area contributed by atoms with Crippen LogP contribution in [0.4, 0.5) is 14.9 Å². The predicted molar refractivity (Wildman–Crippen MR) is 100 cm³/mol. The second kappa shape index (κ2) is 9.13. The summed E-state index contributed by atoms with van der Waals surface area (Å²) < 4.78 is 24.7. The van der Waals surface area contributed by atoms with E-state index in [1.807, 2.05) is 30.3 Å². The van der Waals surface area contributed by atoms with E-state index in [0.717, 1.165) is 17.7 Å². The summed E-state index contributed by atoms with van der Waals surface area (Å²) in [5.41, 5.74) is 0.712. The van der Waals surface area contributed by atoms with Crippen LogP contribution in [0.1, 0.15) is 22.3 Å². The molecule has 0 aliphatic carbocycles. The van der Waals surface area contributed by atoms with E-state index in [1.165, 1.54) is 17.0 Å². The highest BCUT2D eigenvalue weighted by Gasteiger charge is 2.35. The maximum Gasteiger partial charge on any atom is 0.410 e. The van der Waals surface area contributed by atoms with Gasteiger partial charge in [0.05, 0.1) is 17.0 Å². The summed E-state index contributed by atoms with van der Waals surface area (Å²) in [6.45, 7) is 0.107. The summed E-state index contributed by atoms with van der Waals surface area (Å²) in [7, 11) is 0. The molecular formula is C20H19FN2O6. The van der Waals surface area contributed by atoms with E-state index in [0.29, 0.717) is 0 Å². The monoisotopic (exact) mass is 402 g/mol. The van der Waals surface area contributed by atoms with Crippen LogP contribution in [0.25, 0.3) is 0 Å². The van der Waals surface area contributed by atoms with E-state index in [2.05, 4.69) is 0 Å². The number of halogens is 1. The van der Waals surface area contributed by atoms with Gasteiger partial charge in [0.15, 0.2) is 6.10 Å². The lowest BCUT2D eigenvalue weighted by molar-refractivity contribution is -0.384. The van der Waals surface area contributed by atoms with Crippen LogP contribution in [0.5, 0.6) is 0 Å². The molecule has 29 heavy (non-hydrogen) atoms.